The van der Waals surface area contributed by atoms with E-state index in [0.29, 0.717) is 5.41 Å². The van der Waals surface area contributed by atoms with Gasteiger partial charge in [0.15, 0.2) is 0 Å². The average Bonchev–Trinajstić information content (AvgIpc) is 3.09. The van der Waals surface area contributed by atoms with E-state index in [1.54, 1.807) is 7.11 Å². The van der Waals surface area contributed by atoms with Crippen molar-refractivity contribution in [3.05, 3.63) is 24.3 Å². The third-order valence-electron chi connectivity index (χ3n) is 3.48. The fourth-order valence-corrected chi connectivity index (χ4v) is 2.03. The summed E-state index contributed by atoms with van der Waals surface area (Å²) in [4.78, 5) is 2.28. The summed E-state index contributed by atoms with van der Waals surface area (Å²) >= 11 is 0. The number of hydrogen-bond donors (Lipinski definition) is 1. The molecule has 0 atom stereocenters. The monoisotopic (exact) mass is 220 g/mol. The molecule has 0 heterocycles. The van der Waals surface area contributed by atoms with Crippen molar-refractivity contribution in [2.24, 2.45) is 11.1 Å². The number of anilines is 1. The van der Waals surface area contributed by atoms with E-state index in [1.807, 2.05) is 12.1 Å². The fourth-order valence-electron chi connectivity index (χ4n) is 2.03. The van der Waals surface area contributed by atoms with E-state index in [-0.39, 0.29) is 0 Å². The minimum absolute atomic E-state index is 0.384. The van der Waals surface area contributed by atoms with Crippen LogP contribution in [0, 0.1) is 5.41 Å². The topological polar surface area (TPSA) is 38.5 Å². The molecule has 0 saturated heterocycles. The highest BCUT2D eigenvalue weighted by Crippen LogP contribution is 2.45. The highest BCUT2D eigenvalue weighted by Gasteiger charge is 2.41. The maximum atomic E-state index is 5.79. The van der Waals surface area contributed by atoms with Crippen molar-refractivity contribution in [1.29, 1.82) is 0 Å². The molecule has 0 radical (unpaired) electrons. The highest BCUT2D eigenvalue weighted by molar-refractivity contribution is 5.48. The lowest BCUT2D eigenvalue weighted by Crippen LogP contribution is -2.31. The number of benzene rings is 1. The number of rotatable bonds is 5. The average molecular weight is 220 g/mol. The van der Waals surface area contributed by atoms with E-state index in [9.17, 15) is 0 Å². The van der Waals surface area contributed by atoms with Crippen LogP contribution in [-0.4, -0.2) is 27.2 Å². The molecule has 0 aromatic heterocycles. The van der Waals surface area contributed by atoms with Crippen molar-refractivity contribution in [1.82, 2.24) is 0 Å². The van der Waals surface area contributed by atoms with Crippen LogP contribution < -0.4 is 15.4 Å². The summed E-state index contributed by atoms with van der Waals surface area (Å²) < 4.78 is 5.14. The molecule has 3 heteroatoms. The summed E-state index contributed by atoms with van der Waals surface area (Å²) in [7, 11) is 3.81. The molecule has 1 aliphatic carbocycles. The molecule has 0 aliphatic heterocycles. The Labute approximate surface area is 97.2 Å². The lowest BCUT2D eigenvalue weighted by Gasteiger charge is -2.24. The van der Waals surface area contributed by atoms with Crippen LogP contribution in [0.5, 0.6) is 5.75 Å². The van der Waals surface area contributed by atoms with E-state index in [4.69, 9.17) is 10.5 Å². The van der Waals surface area contributed by atoms with Crippen LogP contribution in [-0.2, 0) is 0 Å². The van der Waals surface area contributed by atoms with Crippen molar-refractivity contribution < 1.29 is 4.74 Å². The van der Waals surface area contributed by atoms with Gasteiger partial charge in [-0.2, -0.15) is 0 Å². The summed E-state index contributed by atoms with van der Waals surface area (Å²) in [6.07, 6.45) is 2.54. The van der Waals surface area contributed by atoms with Gasteiger partial charge < -0.3 is 15.4 Å². The molecular formula is C13H20N2O. The van der Waals surface area contributed by atoms with E-state index in [0.717, 1.165) is 18.8 Å². The first-order valence-electron chi connectivity index (χ1n) is 5.74. The summed E-state index contributed by atoms with van der Waals surface area (Å²) in [5.41, 5.74) is 7.40. The summed E-state index contributed by atoms with van der Waals surface area (Å²) in [6.45, 7) is 1.85. The van der Waals surface area contributed by atoms with Gasteiger partial charge in [0.05, 0.1) is 7.11 Å². The van der Waals surface area contributed by atoms with Gasteiger partial charge in [0.25, 0.3) is 0 Å². The zero-order valence-corrected chi connectivity index (χ0v) is 10.1. The molecule has 0 bridgehead atoms. The maximum Gasteiger partial charge on any atom is 0.119 e. The van der Waals surface area contributed by atoms with Crippen molar-refractivity contribution in [2.75, 3.05) is 32.1 Å². The molecule has 1 aromatic rings. The molecule has 0 unspecified atom stereocenters. The Balaban J connectivity index is 2.00. The number of hydrogen-bond acceptors (Lipinski definition) is 3. The molecular weight excluding hydrogens is 200 g/mol. The Morgan fingerprint density at radius 3 is 2.38 bits per heavy atom. The minimum Gasteiger partial charge on any atom is -0.497 e. The smallest absolute Gasteiger partial charge is 0.119 e. The SMILES string of the molecule is COc1ccc(N(C)CC2(CN)CC2)cc1. The molecule has 3 nitrogen and oxygen atoms in total. The first-order valence-corrected chi connectivity index (χ1v) is 5.74. The number of methoxy groups -OCH3 is 1. The Kier molecular flexibility index (Phi) is 3.06. The molecule has 1 saturated carbocycles. The summed E-state index contributed by atoms with van der Waals surface area (Å²) in [5, 5.41) is 0. The predicted octanol–water partition coefficient (Wildman–Crippen LogP) is 1.87. The zero-order valence-electron chi connectivity index (χ0n) is 10.1. The van der Waals surface area contributed by atoms with Crippen LogP contribution in [0.1, 0.15) is 12.8 Å². The molecule has 16 heavy (non-hydrogen) atoms. The van der Waals surface area contributed by atoms with Crippen molar-refractivity contribution in [3.8, 4) is 5.75 Å². The van der Waals surface area contributed by atoms with Gasteiger partial charge in [0, 0.05) is 24.7 Å². The van der Waals surface area contributed by atoms with Crippen LogP contribution >= 0.6 is 0 Å². The van der Waals surface area contributed by atoms with Crippen molar-refractivity contribution in [3.63, 3.8) is 0 Å². The molecule has 1 aliphatic rings. The first kappa shape index (κ1) is 11.3. The van der Waals surface area contributed by atoms with Gasteiger partial charge in [-0.1, -0.05) is 0 Å². The second-order valence-corrected chi connectivity index (χ2v) is 4.76. The van der Waals surface area contributed by atoms with Gasteiger partial charge in [0.1, 0.15) is 5.75 Å². The Morgan fingerprint density at radius 2 is 1.94 bits per heavy atom. The van der Waals surface area contributed by atoms with E-state index in [1.165, 1.54) is 18.5 Å². The highest BCUT2D eigenvalue weighted by atomic mass is 16.5. The zero-order chi connectivity index (χ0) is 11.6. The van der Waals surface area contributed by atoms with Crippen LogP contribution in [0.15, 0.2) is 24.3 Å². The van der Waals surface area contributed by atoms with Crippen LogP contribution in [0.4, 0.5) is 5.69 Å². The largest absolute Gasteiger partial charge is 0.497 e. The maximum absolute atomic E-state index is 5.79. The van der Waals surface area contributed by atoms with E-state index < -0.39 is 0 Å². The Hall–Kier alpha value is -1.22. The number of nitrogens with zero attached hydrogens (tertiary/aromatic N) is 1. The number of ether oxygens (including phenoxy) is 1. The van der Waals surface area contributed by atoms with Gasteiger partial charge in [-0.15, -0.1) is 0 Å². The minimum atomic E-state index is 0.384. The van der Waals surface area contributed by atoms with Crippen molar-refractivity contribution in [2.45, 2.75) is 12.8 Å². The van der Waals surface area contributed by atoms with Gasteiger partial charge >= 0.3 is 0 Å². The normalized spacial score (nSPS) is 16.9. The second kappa shape index (κ2) is 4.34. The molecule has 1 aromatic carbocycles. The fraction of sp³-hybridized carbons (Fsp3) is 0.538. The second-order valence-electron chi connectivity index (χ2n) is 4.76. The molecule has 0 amide bonds. The standard InChI is InChI=1S/C13H20N2O/c1-15(10-13(9-14)7-8-13)11-3-5-12(16-2)6-4-11/h3-6H,7-10,14H2,1-2H3. The van der Waals surface area contributed by atoms with Crippen LogP contribution in [0.25, 0.3) is 0 Å². The molecule has 1 fully saturated rings. The third-order valence-corrected chi connectivity index (χ3v) is 3.48. The molecule has 2 rings (SSSR count). The van der Waals surface area contributed by atoms with Crippen LogP contribution in [0.2, 0.25) is 0 Å². The van der Waals surface area contributed by atoms with E-state index in [2.05, 4.69) is 24.1 Å². The van der Waals surface area contributed by atoms with Gasteiger partial charge in [-0.3, -0.25) is 0 Å². The third kappa shape index (κ3) is 2.30. The Morgan fingerprint density at radius 1 is 1.31 bits per heavy atom. The Bertz CT molecular complexity index is 343. The van der Waals surface area contributed by atoms with Crippen molar-refractivity contribution >= 4 is 5.69 Å². The molecule has 0 spiro atoms. The van der Waals surface area contributed by atoms with Gasteiger partial charge in [-0.25, -0.2) is 0 Å². The number of nitrogens with two attached hydrogens (primary N) is 1. The van der Waals surface area contributed by atoms with Gasteiger partial charge in [-0.05, 0) is 43.7 Å². The lowest BCUT2D eigenvalue weighted by atomic mass is 10.1. The molecule has 88 valence electrons. The van der Waals surface area contributed by atoms with Gasteiger partial charge in [0.2, 0.25) is 0 Å². The predicted molar refractivity (Wildman–Crippen MR) is 67.0 cm³/mol. The first-order chi connectivity index (χ1) is 7.69. The summed E-state index contributed by atoms with van der Waals surface area (Å²) in [6, 6.07) is 8.17. The van der Waals surface area contributed by atoms with E-state index >= 15 is 0 Å². The lowest BCUT2D eigenvalue weighted by molar-refractivity contribution is 0.415. The molecule has 2 N–H and O–H groups in total. The summed E-state index contributed by atoms with van der Waals surface area (Å²) in [5.74, 6) is 0.900. The quantitative estimate of drug-likeness (QED) is 0.823. The van der Waals surface area contributed by atoms with Crippen LogP contribution in [0.3, 0.4) is 0 Å².